The summed E-state index contributed by atoms with van der Waals surface area (Å²) in [5, 5.41) is 0. The molecule has 1 aliphatic carbocycles. The van der Waals surface area contributed by atoms with Crippen LogP contribution in [0.3, 0.4) is 0 Å². The summed E-state index contributed by atoms with van der Waals surface area (Å²) in [6.45, 7) is 1.70. The fraction of sp³-hybridized carbons (Fsp3) is 0.524. The van der Waals surface area contributed by atoms with Crippen LogP contribution in [0.25, 0.3) is 0 Å². The second kappa shape index (κ2) is 7.65. The molecule has 0 spiro atoms. The molecule has 2 aromatic rings. The van der Waals surface area contributed by atoms with Gasteiger partial charge in [0.25, 0.3) is 5.91 Å². The van der Waals surface area contributed by atoms with Crippen LogP contribution in [0.5, 0.6) is 5.88 Å². The third-order valence-corrected chi connectivity index (χ3v) is 6.05. The number of hydrogen-bond donors (Lipinski definition) is 0. The van der Waals surface area contributed by atoms with Crippen LogP contribution in [0.4, 0.5) is 19.0 Å². The summed E-state index contributed by atoms with van der Waals surface area (Å²) >= 11 is 0. The number of nitrogens with zero attached hydrogens (tertiary/aromatic N) is 5. The number of aromatic nitrogens is 3. The second-order valence-electron chi connectivity index (χ2n) is 8.28. The van der Waals surface area contributed by atoms with Crippen molar-refractivity contribution in [3.63, 3.8) is 0 Å². The average molecular weight is 433 g/mol. The Morgan fingerprint density at radius 1 is 1.03 bits per heavy atom. The van der Waals surface area contributed by atoms with Gasteiger partial charge in [-0.15, -0.1) is 0 Å². The van der Waals surface area contributed by atoms with Crippen LogP contribution in [-0.4, -0.2) is 57.5 Å². The van der Waals surface area contributed by atoms with E-state index in [1.54, 1.807) is 17.3 Å². The van der Waals surface area contributed by atoms with Gasteiger partial charge in [0.15, 0.2) is 6.10 Å². The summed E-state index contributed by atoms with van der Waals surface area (Å²) in [5.74, 6) is 1.23. The summed E-state index contributed by atoms with van der Waals surface area (Å²) in [6, 6.07) is 2.34. The number of pyridine rings is 1. The van der Waals surface area contributed by atoms with Gasteiger partial charge in [-0.1, -0.05) is 0 Å². The van der Waals surface area contributed by atoms with E-state index in [0.717, 1.165) is 30.8 Å². The molecule has 1 saturated carbocycles. The molecule has 2 aromatic heterocycles. The van der Waals surface area contributed by atoms with Gasteiger partial charge in [0, 0.05) is 38.2 Å². The van der Waals surface area contributed by atoms with Crippen LogP contribution in [0, 0.1) is 0 Å². The molecule has 3 aliphatic rings. The van der Waals surface area contributed by atoms with E-state index in [2.05, 4.69) is 15.0 Å². The lowest BCUT2D eigenvalue weighted by molar-refractivity contribution is -0.138. The number of alkyl halides is 3. The van der Waals surface area contributed by atoms with E-state index in [1.807, 2.05) is 4.90 Å². The van der Waals surface area contributed by atoms with E-state index in [1.165, 1.54) is 6.07 Å². The topological polar surface area (TPSA) is 71.5 Å². The minimum absolute atomic E-state index is 0.0831. The third-order valence-electron chi connectivity index (χ3n) is 6.05. The van der Waals surface area contributed by atoms with Gasteiger partial charge in [-0.3, -0.25) is 9.78 Å². The number of rotatable bonds is 4. The molecule has 164 valence electrons. The summed E-state index contributed by atoms with van der Waals surface area (Å²) in [4.78, 5) is 29.3. The first-order valence-electron chi connectivity index (χ1n) is 10.5. The number of halogens is 3. The predicted molar refractivity (Wildman–Crippen MR) is 105 cm³/mol. The Balaban J connectivity index is 1.26. The van der Waals surface area contributed by atoms with E-state index in [0.29, 0.717) is 50.1 Å². The lowest BCUT2D eigenvalue weighted by atomic mass is 10.2. The van der Waals surface area contributed by atoms with Crippen LogP contribution in [0.15, 0.2) is 30.7 Å². The number of fused-ring (bicyclic) bond motifs is 1. The zero-order valence-corrected chi connectivity index (χ0v) is 16.8. The quantitative estimate of drug-likeness (QED) is 0.738. The van der Waals surface area contributed by atoms with Gasteiger partial charge in [0.05, 0.1) is 29.7 Å². The van der Waals surface area contributed by atoms with Crippen LogP contribution in [0.2, 0.25) is 0 Å². The Hall–Kier alpha value is -2.91. The zero-order valence-electron chi connectivity index (χ0n) is 16.8. The first-order chi connectivity index (χ1) is 14.9. The zero-order chi connectivity index (χ0) is 21.6. The van der Waals surface area contributed by atoms with Crippen LogP contribution >= 0.6 is 0 Å². The summed E-state index contributed by atoms with van der Waals surface area (Å²) in [6.07, 6.45) is 2.55. The maximum atomic E-state index is 12.9. The summed E-state index contributed by atoms with van der Waals surface area (Å²) in [5.41, 5.74) is 0.185. The van der Waals surface area contributed by atoms with Crippen molar-refractivity contribution in [2.45, 2.75) is 49.9 Å². The van der Waals surface area contributed by atoms with Crippen molar-refractivity contribution in [1.82, 2.24) is 19.9 Å². The number of hydrogen-bond acceptors (Lipinski definition) is 6. The molecule has 0 N–H and O–H groups in total. The number of ether oxygens (including phenoxy) is 1. The first-order valence-corrected chi connectivity index (χ1v) is 10.5. The molecular weight excluding hydrogens is 411 g/mol. The maximum Gasteiger partial charge on any atom is 0.417 e. The van der Waals surface area contributed by atoms with E-state index in [9.17, 15) is 18.0 Å². The van der Waals surface area contributed by atoms with E-state index < -0.39 is 17.8 Å². The number of carbonyl (C=O) groups excluding carboxylic acids is 1. The molecule has 1 amide bonds. The van der Waals surface area contributed by atoms with Crippen molar-refractivity contribution in [3.05, 3.63) is 42.0 Å². The first kappa shape index (κ1) is 20.0. The van der Waals surface area contributed by atoms with Crippen molar-refractivity contribution in [2.24, 2.45) is 0 Å². The largest absolute Gasteiger partial charge is 0.463 e. The SMILES string of the molecule is O=C1C(Oc2cnc(C3CC3)cn2)CC2CN(c3ccc(C(F)(F)F)cn3)CCCN12. The Morgan fingerprint density at radius 3 is 2.52 bits per heavy atom. The third kappa shape index (κ3) is 4.15. The molecule has 7 nitrogen and oxygen atoms in total. The molecule has 4 heterocycles. The molecule has 2 unspecified atom stereocenters. The van der Waals surface area contributed by atoms with Crippen LogP contribution in [-0.2, 0) is 11.0 Å². The molecule has 0 bridgehead atoms. The van der Waals surface area contributed by atoms with Crippen molar-refractivity contribution in [2.75, 3.05) is 24.5 Å². The van der Waals surface area contributed by atoms with E-state index in [-0.39, 0.29) is 11.9 Å². The standard InChI is InChI=1S/C21H22F3N5O2/c22-21(23,24)14-4-5-18(26-9-14)28-6-1-7-29-15(12-28)8-17(20(29)30)31-19-11-25-16(10-27-19)13-2-3-13/h4-5,9-11,13,15,17H,1-3,6-8,12H2. The number of amides is 1. The molecule has 31 heavy (non-hydrogen) atoms. The summed E-state index contributed by atoms with van der Waals surface area (Å²) in [7, 11) is 0. The van der Waals surface area contributed by atoms with Gasteiger partial charge in [-0.05, 0) is 31.4 Å². The number of carbonyl (C=O) groups is 1. The molecule has 10 heteroatoms. The smallest absolute Gasteiger partial charge is 0.417 e. The Kier molecular flexibility index (Phi) is 4.94. The second-order valence-corrected chi connectivity index (χ2v) is 8.28. The van der Waals surface area contributed by atoms with E-state index in [4.69, 9.17) is 4.74 Å². The van der Waals surface area contributed by atoms with Gasteiger partial charge in [-0.25, -0.2) is 9.97 Å². The normalized spacial score (nSPS) is 24.2. The van der Waals surface area contributed by atoms with Gasteiger partial charge in [0.2, 0.25) is 5.88 Å². The van der Waals surface area contributed by atoms with Gasteiger partial charge in [0.1, 0.15) is 5.82 Å². The Bertz CT molecular complexity index is 947. The van der Waals surface area contributed by atoms with Crippen molar-refractivity contribution < 1.29 is 22.7 Å². The Labute approximate surface area is 177 Å². The minimum atomic E-state index is -4.41. The fourth-order valence-corrected chi connectivity index (χ4v) is 4.25. The van der Waals surface area contributed by atoms with E-state index >= 15 is 0 Å². The number of anilines is 1. The Morgan fingerprint density at radius 2 is 1.87 bits per heavy atom. The van der Waals surface area contributed by atoms with Crippen molar-refractivity contribution >= 4 is 11.7 Å². The lowest BCUT2D eigenvalue weighted by Crippen LogP contribution is -2.39. The highest BCUT2D eigenvalue weighted by molar-refractivity contribution is 5.84. The highest BCUT2D eigenvalue weighted by atomic mass is 19.4. The molecule has 2 aliphatic heterocycles. The van der Waals surface area contributed by atoms with Crippen molar-refractivity contribution in [3.8, 4) is 5.88 Å². The van der Waals surface area contributed by atoms with Gasteiger partial charge in [-0.2, -0.15) is 13.2 Å². The monoisotopic (exact) mass is 433 g/mol. The predicted octanol–water partition coefficient (Wildman–Crippen LogP) is 3.03. The van der Waals surface area contributed by atoms with Crippen LogP contribution in [0.1, 0.15) is 42.9 Å². The molecule has 2 saturated heterocycles. The molecule has 0 radical (unpaired) electrons. The van der Waals surface area contributed by atoms with Gasteiger partial charge < -0.3 is 14.5 Å². The highest BCUT2D eigenvalue weighted by Gasteiger charge is 2.43. The van der Waals surface area contributed by atoms with Gasteiger partial charge >= 0.3 is 6.18 Å². The fourth-order valence-electron chi connectivity index (χ4n) is 4.25. The minimum Gasteiger partial charge on any atom is -0.463 e. The van der Waals surface area contributed by atoms with Crippen LogP contribution < -0.4 is 9.64 Å². The van der Waals surface area contributed by atoms with Crippen molar-refractivity contribution in [1.29, 1.82) is 0 Å². The molecular formula is C21H22F3N5O2. The lowest BCUT2D eigenvalue weighted by Gasteiger charge is -2.26. The molecule has 0 aromatic carbocycles. The highest BCUT2D eigenvalue weighted by Crippen LogP contribution is 2.38. The average Bonchev–Trinajstić information content (AvgIpc) is 3.57. The molecule has 5 rings (SSSR count). The maximum absolute atomic E-state index is 12.9. The molecule has 2 atom stereocenters. The molecule has 3 fully saturated rings. The summed E-state index contributed by atoms with van der Waals surface area (Å²) < 4.78 is 44.3.